The molecule has 2 fully saturated rings. The Morgan fingerprint density at radius 3 is 2.79 bits per heavy atom. The summed E-state index contributed by atoms with van der Waals surface area (Å²) in [5.41, 5.74) is 2.49. The molecule has 4 atom stereocenters. The Balaban J connectivity index is 1.91. The second-order valence-corrected chi connectivity index (χ2v) is 9.70. The Hall–Kier alpha value is -1.96. The summed E-state index contributed by atoms with van der Waals surface area (Å²) in [4.78, 5) is 41.5. The summed E-state index contributed by atoms with van der Waals surface area (Å²) in [6.07, 6.45) is 4.59. The summed E-state index contributed by atoms with van der Waals surface area (Å²) in [5, 5.41) is 0. The van der Waals surface area contributed by atoms with E-state index >= 15 is 0 Å². The number of ketones is 1. The molecule has 1 aromatic carbocycles. The molecule has 2 bridgehead atoms. The average Bonchev–Trinajstić information content (AvgIpc) is 3.18. The molecule has 0 spiro atoms. The zero-order valence-corrected chi connectivity index (χ0v) is 18.6. The summed E-state index contributed by atoms with van der Waals surface area (Å²) in [5.74, 6) is -0.530. The van der Waals surface area contributed by atoms with Gasteiger partial charge in [0.05, 0.1) is 7.11 Å². The number of benzene rings is 1. The van der Waals surface area contributed by atoms with Crippen LogP contribution in [0.25, 0.3) is 6.08 Å². The van der Waals surface area contributed by atoms with Gasteiger partial charge in [0.2, 0.25) is 5.91 Å². The smallest absolute Gasteiger partial charge is 0.322 e. The van der Waals surface area contributed by atoms with Crippen LogP contribution in [0.1, 0.15) is 52.7 Å². The van der Waals surface area contributed by atoms with Crippen molar-refractivity contribution in [2.45, 2.75) is 37.1 Å². The SMILES string of the molecule is C=C1CN2C(=O)[C@](CCI)(C(=O)OC)[C@@]3(C)c4c(ccc5c4C=CC5=O)[C@@H]1C[C@@H]23. The van der Waals surface area contributed by atoms with E-state index in [9.17, 15) is 14.4 Å². The van der Waals surface area contributed by atoms with Crippen molar-refractivity contribution in [3.63, 3.8) is 0 Å². The minimum absolute atomic E-state index is 0.0281. The number of esters is 1. The molecule has 0 unspecified atom stereocenters. The Kier molecular flexibility index (Phi) is 3.96. The number of rotatable bonds is 3. The fraction of sp³-hybridized carbons (Fsp3) is 0.435. The van der Waals surface area contributed by atoms with E-state index in [0.29, 0.717) is 23.0 Å². The van der Waals surface area contributed by atoms with E-state index < -0.39 is 16.8 Å². The van der Waals surface area contributed by atoms with Crippen LogP contribution < -0.4 is 0 Å². The molecular weight excluding hydrogens is 481 g/mol. The van der Waals surface area contributed by atoms with Crippen LogP contribution in [-0.4, -0.2) is 46.7 Å². The summed E-state index contributed by atoms with van der Waals surface area (Å²) in [6.45, 7) is 6.79. The van der Waals surface area contributed by atoms with Crippen LogP contribution >= 0.6 is 22.6 Å². The van der Waals surface area contributed by atoms with Gasteiger partial charge < -0.3 is 9.64 Å². The normalized spacial score (nSPS) is 33.8. The lowest BCUT2D eigenvalue weighted by Gasteiger charge is -2.51. The maximum absolute atomic E-state index is 13.9. The van der Waals surface area contributed by atoms with E-state index in [0.717, 1.165) is 28.7 Å². The van der Waals surface area contributed by atoms with E-state index in [4.69, 9.17) is 4.74 Å². The maximum Gasteiger partial charge on any atom is 0.322 e. The number of allylic oxidation sites excluding steroid dienone is 1. The van der Waals surface area contributed by atoms with Crippen molar-refractivity contribution in [1.82, 2.24) is 4.90 Å². The van der Waals surface area contributed by atoms with E-state index in [1.54, 1.807) is 6.08 Å². The Bertz CT molecular complexity index is 1040. The number of fused-ring (bicyclic) bond motifs is 6. The monoisotopic (exact) mass is 503 g/mol. The lowest BCUT2D eigenvalue weighted by atomic mass is 9.52. The van der Waals surface area contributed by atoms with Gasteiger partial charge in [-0.05, 0) is 35.6 Å². The Labute approximate surface area is 183 Å². The third kappa shape index (κ3) is 1.99. The Morgan fingerprint density at radius 1 is 1.34 bits per heavy atom. The van der Waals surface area contributed by atoms with Gasteiger partial charge in [-0.25, -0.2) is 0 Å². The first-order valence-electron chi connectivity index (χ1n) is 9.85. The van der Waals surface area contributed by atoms with Crippen LogP contribution in [-0.2, 0) is 19.7 Å². The van der Waals surface area contributed by atoms with E-state index in [1.165, 1.54) is 7.11 Å². The molecule has 2 aliphatic carbocycles. The van der Waals surface area contributed by atoms with E-state index in [-0.39, 0.29) is 23.7 Å². The number of alkyl halides is 1. The van der Waals surface area contributed by atoms with Crippen LogP contribution in [0.2, 0.25) is 0 Å². The van der Waals surface area contributed by atoms with Crippen LogP contribution in [0.15, 0.2) is 30.4 Å². The van der Waals surface area contributed by atoms with Gasteiger partial charge in [0.25, 0.3) is 0 Å². The summed E-state index contributed by atoms with van der Waals surface area (Å²) < 4.78 is 5.92. The number of carbonyl (C=O) groups excluding carboxylic acids is 3. The molecular formula is C23H22INO4. The first kappa shape index (κ1) is 19.0. The molecule has 0 saturated carbocycles. The second kappa shape index (κ2) is 6.03. The number of nitrogens with zero attached hydrogens (tertiary/aromatic N) is 1. The van der Waals surface area contributed by atoms with E-state index in [2.05, 4.69) is 29.2 Å². The number of amides is 1. The van der Waals surface area contributed by atoms with E-state index in [1.807, 2.05) is 30.0 Å². The predicted molar refractivity (Wildman–Crippen MR) is 117 cm³/mol. The highest BCUT2D eigenvalue weighted by atomic mass is 127. The highest BCUT2D eigenvalue weighted by molar-refractivity contribution is 14.1. The molecule has 0 N–H and O–H groups in total. The largest absolute Gasteiger partial charge is 0.468 e. The molecule has 4 aliphatic rings. The standard InChI is InChI=1S/C23H22INO4/c1-12-11-25-18-10-16(12)15-5-4-13-14(6-7-17(13)26)19(15)22(18,2)23(8-9-24,20(25)27)21(28)29-3/h4-7,16,18H,1,8-11H2,2-3H3/t16-,18-,22-,23-/m1/s1. The highest BCUT2D eigenvalue weighted by Gasteiger charge is 2.74. The predicted octanol–water partition coefficient (Wildman–Crippen LogP) is 3.41. The molecule has 1 aromatic rings. The molecule has 5 nitrogen and oxygen atoms in total. The summed E-state index contributed by atoms with van der Waals surface area (Å²) in [6, 6.07) is 3.78. The second-order valence-electron chi connectivity index (χ2n) is 8.62. The van der Waals surface area contributed by atoms with Crippen LogP contribution in [0, 0.1) is 5.41 Å². The molecule has 2 aliphatic heterocycles. The van der Waals surface area contributed by atoms with Crippen molar-refractivity contribution in [2.24, 2.45) is 5.41 Å². The van der Waals surface area contributed by atoms with Crippen LogP contribution in [0.3, 0.4) is 0 Å². The van der Waals surface area contributed by atoms with Gasteiger partial charge in [-0.2, -0.15) is 0 Å². The lowest BCUT2D eigenvalue weighted by molar-refractivity contribution is -0.162. The zero-order chi connectivity index (χ0) is 20.7. The van der Waals surface area contributed by atoms with Gasteiger partial charge in [-0.3, -0.25) is 14.4 Å². The third-order valence-corrected chi connectivity index (χ3v) is 8.26. The fourth-order valence-electron chi connectivity index (χ4n) is 6.42. The number of halogens is 1. The van der Waals surface area contributed by atoms with Gasteiger partial charge >= 0.3 is 5.97 Å². The molecule has 0 radical (unpaired) electrons. The first-order valence-corrected chi connectivity index (χ1v) is 11.4. The van der Waals surface area contributed by atoms with Crippen LogP contribution in [0.5, 0.6) is 0 Å². The number of hydrogen-bond donors (Lipinski definition) is 0. The summed E-state index contributed by atoms with van der Waals surface area (Å²) in [7, 11) is 1.36. The zero-order valence-electron chi connectivity index (χ0n) is 16.5. The first-order chi connectivity index (χ1) is 13.8. The van der Waals surface area contributed by atoms with Gasteiger partial charge in [-0.1, -0.05) is 59.9 Å². The van der Waals surface area contributed by atoms with Gasteiger partial charge in [0.15, 0.2) is 11.2 Å². The number of methoxy groups -OCH3 is 1. The molecule has 2 saturated heterocycles. The number of hydrogen-bond acceptors (Lipinski definition) is 4. The molecule has 2 heterocycles. The molecule has 150 valence electrons. The van der Waals surface area contributed by atoms with Gasteiger partial charge in [0, 0.05) is 33.9 Å². The Morgan fingerprint density at radius 2 is 2.10 bits per heavy atom. The topological polar surface area (TPSA) is 63.7 Å². The highest BCUT2D eigenvalue weighted by Crippen LogP contribution is 2.65. The van der Waals surface area contributed by atoms with Crippen molar-refractivity contribution < 1.29 is 19.1 Å². The molecule has 1 amide bonds. The number of ether oxygens (including phenoxy) is 1. The van der Waals surface area contributed by atoms with Crippen LogP contribution in [0.4, 0.5) is 0 Å². The number of piperidine rings is 1. The molecule has 5 rings (SSSR count). The van der Waals surface area contributed by atoms with Crippen molar-refractivity contribution in [3.8, 4) is 0 Å². The average molecular weight is 503 g/mol. The number of carbonyl (C=O) groups is 3. The van der Waals surface area contributed by atoms with Crippen molar-refractivity contribution >= 4 is 46.3 Å². The van der Waals surface area contributed by atoms with Crippen molar-refractivity contribution in [2.75, 3.05) is 18.1 Å². The third-order valence-electron chi connectivity index (χ3n) is 7.72. The van der Waals surface area contributed by atoms with Crippen molar-refractivity contribution in [1.29, 1.82) is 0 Å². The molecule has 29 heavy (non-hydrogen) atoms. The quantitative estimate of drug-likeness (QED) is 0.209. The minimum atomic E-state index is -1.30. The lowest BCUT2D eigenvalue weighted by Crippen LogP contribution is -2.57. The van der Waals surface area contributed by atoms with Crippen molar-refractivity contribution in [3.05, 3.63) is 52.6 Å². The summed E-state index contributed by atoms with van der Waals surface area (Å²) >= 11 is 2.23. The molecule has 6 heteroatoms. The van der Waals surface area contributed by atoms with Gasteiger partial charge in [-0.15, -0.1) is 0 Å². The fourth-order valence-corrected chi connectivity index (χ4v) is 7.23. The molecule has 0 aromatic heterocycles. The minimum Gasteiger partial charge on any atom is -0.468 e. The maximum atomic E-state index is 13.9. The van der Waals surface area contributed by atoms with Gasteiger partial charge in [0.1, 0.15) is 0 Å².